The summed E-state index contributed by atoms with van der Waals surface area (Å²) in [7, 11) is 1.33. The zero-order valence-electron chi connectivity index (χ0n) is 12.2. The molecule has 114 valence electrons. The van der Waals surface area contributed by atoms with Crippen LogP contribution in [0.2, 0.25) is 0 Å². The summed E-state index contributed by atoms with van der Waals surface area (Å²) in [4.78, 5) is 26.9. The molecule has 0 bridgehead atoms. The highest BCUT2D eigenvalue weighted by Crippen LogP contribution is 2.08. The largest absolute Gasteiger partial charge is 0.481 e. The zero-order chi connectivity index (χ0) is 15.7. The minimum absolute atomic E-state index is 0.132. The Morgan fingerprint density at radius 3 is 2.62 bits per heavy atom. The average molecular weight is 293 g/mol. The molecule has 1 rings (SSSR count). The number of rotatable bonds is 8. The number of carbonyl (C=O) groups excluding carboxylic acids is 1. The molecule has 0 amide bonds. The van der Waals surface area contributed by atoms with Crippen molar-refractivity contribution in [3.63, 3.8) is 0 Å². The summed E-state index contributed by atoms with van der Waals surface area (Å²) in [5, 5.41) is 12.4. The summed E-state index contributed by atoms with van der Waals surface area (Å²) in [6.07, 6.45) is 1.32. The van der Waals surface area contributed by atoms with Gasteiger partial charge in [-0.1, -0.05) is 17.3 Å². The molecule has 6 nitrogen and oxygen atoms in total. The van der Waals surface area contributed by atoms with Gasteiger partial charge in [0.2, 0.25) is 0 Å². The van der Waals surface area contributed by atoms with Crippen molar-refractivity contribution in [1.82, 2.24) is 0 Å². The fourth-order valence-corrected chi connectivity index (χ4v) is 1.63. The number of esters is 1. The summed E-state index contributed by atoms with van der Waals surface area (Å²) < 4.78 is 4.66. The lowest BCUT2D eigenvalue weighted by Gasteiger charge is -2.04. The number of ether oxygens (including phenoxy) is 1. The third kappa shape index (κ3) is 6.07. The maximum absolute atomic E-state index is 11.4. The van der Waals surface area contributed by atoms with Gasteiger partial charge in [0.1, 0.15) is 6.61 Å². The van der Waals surface area contributed by atoms with Gasteiger partial charge in [0.25, 0.3) is 0 Å². The van der Waals surface area contributed by atoms with Gasteiger partial charge in [0.05, 0.1) is 18.4 Å². The average Bonchev–Trinajstić information content (AvgIpc) is 2.49. The molecule has 0 aliphatic rings. The van der Waals surface area contributed by atoms with Crippen molar-refractivity contribution in [3.05, 3.63) is 35.4 Å². The lowest BCUT2D eigenvalue weighted by molar-refractivity contribution is -0.137. The van der Waals surface area contributed by atoms with Crippen molar-refractivity contribution >= 4 is 17.7 Å². The van der Waals surface area contributed by atoms with Gasteiger partial charge in [-0.2, -0.15) is 0 Å². The van der Waals surface area contributed by atoms with E-state index >= 15 is 0 Å². The summed E-state index contributed by atoms with van der Waals surface area (Å²) >= 11 is 0. The van der Waals surface area contributed by atoms with Crippen LogP contribution in [0.1, 0.15) is 42.1 Å². The molecule has 0 unspecified atom stereocenters. The van der Waals surface area contributed by atoms with E-state index in [-0.39, 0.29) is 6.42 Å². The molecular weight excluding hydrogens is 274 g/mol. The molecule has 0 saturated heterocycles. The van der Waals surface area contributed by atoms with Crippen LogP contribution < -0.4 is 0 Å². The van der Waals surface area contributed by atoms with Crippen molar-refractivity contribution < 1.29 is 24.3 Å². The molecule has 0 atom stereocenters. The molecule has 6 heteroatoms. The molecule has 0 aliphatic carbocycles. The number of nitrogens with zero attached hydrogens (tertiary/aromatic N) is 1. The van der Waals surface area contributed by atoms with Crippen molar-refractivity contribution in [2.24, 2.45) is 5.16 Å². The number of oxime groups is 1. The van der Waals surface area contributed by atoms with Crippen LogP contribution >= 0.6 is 0 Å². The molecule has 1 N–H and O–H groups in total. The first kappa shape index (κ1) is 16.7. The number of carboxylic acids is 1. The highest BCUT2D eigenvalue weighted by Gasteiger charge is 2.07. The van der Waals surface area contributed by atoms with Crippen LogP contribution in [0.3, 0.4) is 0 Å². The molecule has 0 radical (unpaired) electrons. The summed E-state index contributed by atoms with van der Waals surface area (Å²) in [6.45, 7) is 2.13. The minimum Gasteiger partial charge on any atom is -0.481 e. The smallest absolute Gasteiger partial charge is 0.337 e. The number of methoxy groups -OCH3 is 1. The van der Waals surface area contributed by atoms with Crippen LogP contribution in [-0.4, -0.2) is 36.5 Å². The van der Waals surface area contributed by atoms with Gasteiger partial charge < -0.3 is 14.7 Å². The normalized spacial score (nSPS) is 11.0. The number of hydrogen-bond donors (Lipinski definition) is 1. The number of carboxylic acid groups (broad SMARTS) is 1. The minimum atomic E-state index is -0.811. The standard InChI is InChI=1S/C15H19NO5/c1-11(16-21-9-4-3-8-14(17)18)12-6-5-7-13(10-12)15(19)20-2/h5-7,10H,3-4,8-9H2,1-2H3,(H,17,18). The number of carbonyl (C=O) groups is 2. The summed E-state index contributed by atoms with van der Waals surface area (Å²) in [5.41, 5.74) is 1.86. The number of benzene rings is 1. The Labute approximate surface area is 123 Å². The van der Waals surface area contributed by atoms with Crippen LogP contribution in [0, 0.1) is 0 Å². The number of aliphatic carboxylic acids is 1. The number of hydrogen-bond acceptors (Lipinski definition) is 5. The van der Waals surface area contributed by atoms with E-state index in [2.05, 4.69) is 9.89 Å². The Hall–Kier alpha value is -2.37. The molecule has 21 heavy (non-hydrogen) atoms. The maximum atomic E-state index is 11.4. The van der Waals surface area contributed by atoms with E-state index in [0.717, 1.165) is 5.56 Å². The predicted molar refractivity (Wildman–Crippen MR) is 77.4 cm³/mol. The quantitative estimate of drug-likeness (QED) is 0.344. The predicted octanol–water partition coefficient (Wildman–Crippen LogP) is 2.47. The Morgan fingerprint density at radius 2 is 1.95 bits per heavy atom. The summed E-state index contributed by atoms with van der Waals surface area (Å²) in [5.74, 6) is -1.21. The van der Waals surface area contributed by atoms with Gasteiger partial charge in [0.15, 0.2) is 0 Å². The van der Waals surface area contributed by atoms with E-state index in [1.807, 2.05) is 6.07 Å². The Morgan fingerprint density at radius 1 is 1.24 bits per heavy atom. The van der Waals surface area contributed by atoms with Gasteiger partial charge in [-0.15, -0.1) is 0 Å². The van der Waals surface area contributed by atoms with Crippen molar-refractivity contribution in [2.45, 2.75) is 26.2 Å². The molecule has 0 aromatic heterocycles. The monoisotopic (exact) mass is 293 g/mol. The van der Waals surface area contributed by atoms with E-state index in [1.54, 1.807) is 25.1 Å². The third-order valence-electron chi connectivity index (χ3n) is 2.78. The van der Waals surface area contributed by atoms with Gasteiger partial charge in [0, 0.05) is 6.42 Å². The first-order chi connectivity index (χ1) is 10.0. The topological polar surface area (TPSA) is 85.2 Å². The molecule has 0 fully saturated rings. The third-order valence-corrected chi connectivity index (χ3v) is 2.78. The molecule has 0 aliphatic heterocycles. The Kier molecular flexibility index (Phi) is 6.94. The van der Waals surface area contributed by atoms with Crippen LogP contribution in [0.5, 0.6) is 0 Å². The van der Waals surface area contributed by atoms with E-state index in [1.165, 1.54) is 7.11 Å². The van der Waals surface area contributed by atoms with Crippen LogP contribution in [0.15, 0.2) is 29.4 Å². The second-order valence-electron chi connectivity index (χ2n) is 4.43. The fraction of sp³-hybridized carbons (Fsp3) is 0.400. The van der Waals surface area contributed by atoms with Crippen LogP contribution in [-0.2, 0) is 14.4 Å². The highest BCUT2D eigenvalue weighted by molar-refractivity contribution is 6.00. The summed E-state index contributed by atoms with van der Waals surface area (Å²) in [6, 6.07) is 6.90. The molecule has 0 heterocycles. The van der Waals surface area contributed by atoms with Gasteiger partial charge >= 0.3 is 11.9 Å². The van der Waals surface area contributed by atoms with Gasteiger partial charge in [-0.25, -0.2) is 4.79 Å². The Bertz CT molecular complexity index is 525. The van der Waals surface area contributed by atoms with Crippen LogP contribution in [0.25, 0.3) is 0 Å². The van der Waals surface area contributed by atoms with E-state index in [9.17, 15) is 9.59 Å². The molecule has 1 aromatic carbocycles. The first-order valence-electron chi connectivity index (χ1n) is 6.61. The van der Waals surface area contributed by atoms with E-state index < -0.39 is 11.9 Å². The molecular formula is C15H19NO5. The Balaban J connectivity index is 2.50. The van der Waals surface area contributed by atoms with Crippen molar-refractivity contribution in [2.75, 3.05) is 13.7 Å². The lowest BCUT2D eigenvalue weighted by atomic mass is 10.1. The van der Waals surface area contributed by atoms with Gasteiger partial charge in [-0.05, 0) is 37.5 Å². The van der Waals surface area contributed by atoms with Crippen molar-refractivity contribution in [1.29, 1.82) is 0 Å². The number of unbranched alkanes of at least 4 members (excludes halogenated alkanes) is 1. The van der Waals surface area contributed by atoms with E-state index in [0.29, 0.717) is 30.7 Å². The van der Waals surface area contributed by atoms with Crippen molar-refractivity contribution in [3.8, 4) is 0 Å². The first-order valence-corrected chi connectivity index (χ1v) is 6.61. The maximum Gasteiger partial charge on any atom is 0.337 e. The van der Waals surface area contributed by atoms with Crippen LogP contribution in [0.4, 0.5) is 0 Å². The highest BCUT2D eigenvalue weighted by atomic mass is 16.6. The lowest BCUT2D eigenvalue weighted by Crippen LogP contribution is -2.04. The second kappa shape index (κ2) is 8.73. The fourth-order valence-electron chi connectivity index (χ4n) is 1.63. The SMILES string of the molecule is COC(=O)c1cccc(C(C)=NOCCCCC(=O)O)c1. The van der Waals surface area contributed by atoms with Gasteiger partial charge in [-0.3, -0.25) is 4.79 Å². The van der Waals surface area contributed by atoms with E-state index in [4.69, 9.17) is 9.94 Å². The second-order valence-corrected chi connectivity index (χ2v) is 4.43. The molecule has 0 spiro atoms. The molecule has 1 aromatic rings. The molecule has 0 saturated carbocycles. The zero-order valence-corrected chi connectivity index (χ0v) is 12.2.